The summed E-state index contributed by atoms with van der Waals surface area (Å²) in [7, 11) is 0. The molecule has 1 rings (SSSR count). The molecule has 0 aliphatic rings. The highest BCUT2D eigenvalue weighted by molar-refractivity contribution is 7.11. The minimum absolute atomic E-state index is 0.148. The van der Waals surface area contributed by atoms with E-state index in [1.165, 1.54) is 6.20 Å². The van der Waals surface area contributed by atoms with E-state index in [1.54, 1.807) is 6.92 Å². The Morgan fingerprint density at radius 2 is 2.55 bits per heavy atom. The van der Waals surface area contributed by atoms with Gasteiger partial charge in [-0.1, -0.05) is 0 Å². The van der Waals surface area contributed by atoms with Gasteiger partial charge < -0.3 is 5.11 Å². The topological polar surface area (TPSA) is 50.2 Å². The third-order valence-electron chi connectivity index (χ3n) is 1.11. The van der Waals surface area contributed by atoms with E-state index in [-0.39, 0.29) is 4.88 Å². The molecular weight excluding hydrogens is 169 g/mol. The summed E-state index contributed by atoms with van der Waals surface area (Å²) in [6.07, 6.45) is -0.681. The molecule has 1 atom stereocenters. The van der Waals surface area contributed by atoms with Crippen molar-refractivity contribution in [1.82, 2.24) is 4.98 Å². The SMILES string of the molecule is Cc1ncc(C(F)C(=O)O)s1. The number of carboxylic acids is 1. The number of hydrogen-bond acceptors (Lipinski definition) is 3. The van der Waals surface area contributed by atoms with Crippen LogP contribution in [0.4, 0.5) is 4.39 Å². The van der Waals surface area contributed by atoms with Gasteiger partial charge in [0, 0.05) is 6.20 Å². The molecule has 1 unspecified atom stereocenters. The standard InChI is InChI=1S/C6H6FNO2S/c1-3-8-2-4(11-3)5(7)6(9)10/h2,5H,1H3,(H,9,10). The number of aryl methyl sites for hydroxylation is 1. The van der Waals surface area contributed by atoms with E-state index >= 15 is 0 Å². The number of hydrogen-bond donors (Lipinski definition) is 1. The van der Waals surface area contributed by atoms with Gasteiger partial charge in [0.05, 0.1) is 9.88 Å². The minimum Gasteiger partial charge on any atom is -0.479 e. The second-order valence-corrected chi connectivity index (χ2v) is 3.25. The lowest BCUT2D eigenvalue weighted by Gasteiger charge is -1.95. The molecule has 0 aliphatic heterocycles. The molecule has 1 aromatic heterocycles. The van der Waals surface area contributed by atoms with Crippen molar-refractivity contribution in [3.8, 4) is 0 Å². The zero-order valence-electron chi connectivity index (χ0n) is 5.74. The van der Waals surface area contributed by atoms with Crippen LogP contribution in [0.15, 0.2) is 6.20 Å². The maximum Gasteiger partial charge on any atom is 0.343 e. The molecule has 1 N–H and O–H groups in total. The zero-order chi connectivity index (χ0) is 8.43. The Morgan fingerprint density at radius 1 is 1.91 bits per heavy atom. The van der Waals surface area contributed by atoms with Crippen molar-refractivity contribution in [3.05, 3.63) is 16.1 Å². The van der Waals surface area contributed by atoms with Gasteiger partial charge in [0.2, 0.25) is 6.17 Å². The minimum atomic E-state index is -1.93. The number of rotatable bonds is 2. The van der Waals surface area contributed by atoms with Crippen LogP contribution in [0.1, 0.15) is 16.1 Å². The number of nitrogens with zero attached hydrogens (tertiary/aromatic N) is 1. The molecule has 0 amide bonds. The van der Waals surface area contributed by atoms with Gasteiger partial charge in [0.1, 0.15) is 0 Å². The lowest BCUT2D eigenvalue weighted by Crippen LogP contribution is -2.03. The van der Waals surface area contributed by atoms with Crippen LogP contribution in [0.5, 0.6) is 0 Å². The molecule has 1 aromatic rings. The summed E-state index contributed by atoms with van der Waals surface area (Å²) >= 11 is 1.06. The quantitative estimate of drug-likeness (QED) is 0.741. The van der Waals surface area contributed by atoms with E-state index < -0.39 is 12.1 Å². The Hall–Kier alpha value is -0.970. The van der Waals surface area contributed by atoms with Crippen molar-refractivity contribution < 1.29 is 14.3 Å². The summed E-state index contributed by atoms with van der Waals surface area (Å²) in [5.41, 5.74) is 0. The smallest absolute Gasteiger partial charge is 0.343 e. The fourth-order valence-corrected chi connectivity index (χ4v) is 1.37. The Morgan fingerprint density at radius 3 is 2.91 bits per heavy atom. The highest BCUT2D eigenvalue weighted by Crippen LogP contribution is 2.23. The first-order valence-electron chi connectivity index (χ1n) is 2.90. The molecular formula is C6H6FNO2S. The summed E-state index contributed by atoms with van der Waals surface area (Å²) < 4.78 is 12.6. The molecule has 0 radical (unpaired) electrons. The highest BCUT2D eigenvalue weighted by atomic mass is 32.1. The summed E-state index contributed by atoms with van der Waals surface area (Å²) in [5, 5.41) is 8.92. The van der Waals surface area contributed by atoms with Crippen molar-refractivity contribution in [1.29, 1.82) is 0 Å². The predicted octanol–water partition coefficient (Wildman–Crippen LogP) is 1.55. The Bertz CT molecular complexity index is 273. The Balaban J connectivity index is 2.84. The Kier molecular flexibility index (Phi) is 2.19. The third kappa shape index (κ3) is 1.74. The van der Waals surface area contributed by atoms with Gasteiger partial charge in [-0.05, 0) is 6.92 Å². The van der Waals surface area contributed by atoms with Crippen LogP contribution < -0.4 is 0 Å². The second kappa shape index (κ2) is 2.96. The van der Waals surface area contributed by atoms with Gasteiger partial charge in [0.25, 0.3) is 0 Å². The lowest BCUT2D eigenvalue weighted by atomic mass is 10.3. The van der Waals surface area contributed by atoms with Gasteiger partial charge in [0.15, 0.2) is 0 Å². The molecule has 11 heavy (non-hydrogen) atoms. The number of carbonyl (C=O) groups is 1. The average molecular weight is 175 g/mol. The van der Waals surface area contributed by atoms with E-state index in [0.29, 0.717) is 5.01 Å². The molecule has 0 fully saturated rings. The van der Waals surface area contributed by atoms with Gasteiger partial charge in [-0.15, -0.1) is 11.3 Å². The zero-order valence-corrected chi connectivity index (χ0v) is 6.56. The summed E-state index contributed by atoms with van der Waals surface area (Å²) in [6, 6.07) is 0. The van der Waals surface area contributed by atoms with Crippen LogP contribution in [-0.2, 0) is 4.79 Å². The third-order valence-corrected chi connectivity index (χ3v) is 2.05. The van der Waals surface area contributed by atoms with Crippen molar-refractivity contribution in [2.24, 2.45) is 0 Å². The van der Waals surface area contributed by atoms with E-state index in [1.807, 2.05) is 0 Å². The van der Waals surface area contributed by atoms with Crippen molar-refractivity contribution in [3.63, 3.8) is 0 Å². The molecule has 0 saturated heterocycles. The first-order chi connectivity index (χ1) is 5.11. The molecule has 60 valence electrons. The number of carboxylic acid groups (broad SMARTS) is 1. The van der Waals surface area contributed by atoms with Crippen molar-refractivity contribution >= 4 is 17.3 Å². The molecule has 5 heteroatoms. The van der Waals surface area contributed by atoms with Gasteiger partial charge in [-0.25, -0.2) is 14.2 Å². The summed E-state index contributed by atoms with van der Waals surface area (Å²) in [5.74, 6) is -1.46. The van der Waals surface area contributed by atoms with E-state index in [4.69, 9.17) is 5.11 Å². The predicted molar refractivity (Wildman–Crippen MR) is 38.3 cm³/mol. The fraction of sp³-hybridized carbons (Fsp3) is 0.333. The second-order valence-electron chi connectivity index (χ2n) is 1.98. The van der Waals surface area contributed by atoms with Crippen molar-refractivity contribution in [2.45, 2.75) is 13.1 Å². The monoisotopic (exact) mass is 175 g/mol. The average Bonchev–Trinajstić information content (AvgIpc) is 2.34. The van der Waals surface area contributed by atoms with Gasteiger partial charge in [-0.3, -0.25) is 0 Å². The molecule has 0 saturated carbocycles. The van der Waals surface area contributed by atoms with E-state index in [0.717, 1.165) is 11.3 Å². The van der Waals surface area contributed by atoms with Crippen LogP contribution in [0.25, 0.3) is 0 Å². The number of aromatic nitrogens is 1. The summed E-state index contributed by atoms with van der Waals surface area (Å²) in [6.45, 7) is 1.70. The maximum atomic E-state index is 12.6. The molecule has 3 nitrogen and oxygen atoms in total. The maximum absolute atomic E-state index is 12.6. The molecule has 0 aromatic carbocycles. The molecule has 0 spiro atoms. The van der Waals surface area contributed by atoms with E-state index in [2.05, 4.69) is 4.98 Å². The fourth-order valence-electron chi connectivity index (χ4n) is 0.617. The van der Waals surface area contributed by atoms with Crippen LogP contribution in [-0.4, -0.2) is 16.1 Å². The van der Waals surface area contributed by atoms with Crippen LogP contribution in [0.3, 0.4) is 0 Å². The highest BCUT2D eigenvalue weighted by Gasteiger charge is 2.20. The molecule has 0 aliphatic carbocycles. The normalized spacial score (nSPS) is 12.9. The summed E-state index contributed by atoms with van der Waals surface area (Å²) in [4.78, 5) is 14.0. The van der Waals surface area contributed by atoms with E-state index in [9.17, 15) is 9.18 Å². The number of alkyl halides is 1. The number of thiazole rings is 1. The first kappa shape index (κ1) is 8.13. The van der Waals surface area contributed by atoms with Crippen LogP contribution >= 0.6 is 11.3 Å². The van der Waals surface area contributed by atoms with Gasteiger partial charge >= 0.3 is 5.97 Å². The lowest BCUT2D eigenvalue weighted by molar-refractivity contribution is -0.142. The molecule has 0 bridgehead atoms. The van der Waals surface area contributed by atoms with Gasteiger partial charge in [-0.2, -0.15) is 0 Å². The van der Waals surface area contributed by atoms with Crippen LogP contribution in [0.2, 0.25) is 0 Å². The Labute approximate surface area is 66.5 Å². The molecule has 1 heterocycles. The number of aliphatic carboxylic acids is 1. The van der Waals surface area contributed by atoms with Crippen molar-refractivity contribution in [2.75, 3.05) is 0 Å². The first-order valence-corrected chi connectivity index (χ1v) is 3.72. The largest absolute Gasteiger partial charge is 0.479 e. The number of halogens is 1. The van der Waals surface area contributed by atoms with Crippen LogP contribution in [0, 0.1) is 6.92 Å².